The summed E-state index contributed by atoms with van der Waals surface area (Å²) in [5, 5.41) is 0. The zero-order valence-electron chi connectivity index (χ0n) is 8.21. The van der Waals surface area contributed by atoms with E-state index >= 15 is 0 Å². The molecule has 0 aliphatic heterocycles. The second-order valence-corrected chi connectivity index (χ2v) is 4.08. The first kappa shape index (κ1) is 9.50. The van der Waals surface area contributed by atoms with E-state index in [-0.39, 0.29) is 0 Å². The minimum atomic E-state index is 0.522. The Morgan fingerprint density at radius 1 is 1.58 bits per heavy atom. The molecule has 0 aromatic heterocycles. The Balaban J connectivity index is 2.67. The number of carbonyl (C=O) groups excluding carboxylic acids is 1. The standard InChI is InChI=1S/C11H18O/c1-8-6-10(3)11(4-5-12)7-9(8)2/h5-6,8-9,11H,4,7H2,1-3H3/t8-,9+,11+/m0/s1. The maximum absolute atomic E-state index is 10.4. The van der Waals surface area contributed by atoms with E-state index in [0.29, 0.717) is 18.3 Å². The number of hydrogen-bond acceptors (Lipinski definition) is 1. The summed E-state index contributed by atoms with van der Waals surface area (Å²) in [5.74, 6) is 1.94. The van der Waals surface area contributed by atoms with Crippen molar-refractivity contribution in [3.8, 4) is 0 Å². The third-order valence-electron chi connectivity index (χ3n) is 3.10. The summed E-state index contributed by atoms with van der Waals surface area (Å²) in [6.45, 7) is 6.67. The van der Waals surface area contributed by atoms with Crippen LogP contribution >= 0.6 is 0 Å². The average molecular weight is 166 g/mol. The fraction of sp³-hybridized carbons (Fsp3) is 0.727. The first-order valence-corrected chi connectivity index (χ1v) is 4.77. The first-order valence-electron chi connectivity index (χ1n) is 4.77. The van der Waals surface area contributed by atoms with Crippen molar-refractivity contribution < 1.29 is 4.79 Å². The molecule has 0 N–H and O–H groups in total. The summed E-state index contributed by atoms with van der Waals surface area (Å²) < 4.78 is 0. The summed E-state index contributed by atoms with van der Waals surface area (Å²) in [6.07, 6.45) is 5.26. The normalized spacial score (nSPS) is 35.9. The van der Waals surface area contributed by atoms with Gasteiger partial charge >= 0.3 is 0 Å². The largest absolute Gasteiger partial charge is 0.303 e. The highest BCUT2D eigenvalue weighted by molar-refractivity contribution is 5.50. The van der Waals surface area contributed by atoms with E-state index in [4.69, 9.17) is 0 Å². The number of rotatable bonds is 2. The van der Waals surface area contributed by atoms with Crippen molar-refractivity contribution >= 4 is 6.29 Å². The number of carbonyl (C=O) groups is 1. The molecule has 0 amide bonds. The van der Waals surface area contributed by atoms with Crippen molar-refractivity contribution in [3.63, 3.8) is 0 Å². The summed E-state index contributed by atoms with van der Waals surface area (Å²) in [6, 6.07) is 0. The predicted molar refractivity (Wildman–Crippen MR) is 50.9 cm³/mol. The van der Waals surface area contributed by atoms with Gasteiger partial charge in [0.2, 0.25) is 0 Å². The Kier molecular flexibility index (Phi) is 3.07. The number of allylic oxidation sites excluding steroid dienone is 2. The molecule has 0 spiro atoms. The molecule has 1 nitrogen and oxygen atoms in total. The van der Waals surface area contributed by atoms with Gasteiger partial charge in [-0.1, -0.05) is 25.5 Å². The highest BCUT2D eigenvalue weighted by Crippen LogP contribution is 2.33. The molecule has 0 aromatic carbocycles. The van der Waals surface area contributed by atoms with Crippen LogP contribution in [0, 0.1) is 17.8 Å². The summed E-state index contributed by atoms with van der Waals surface area (Å²) in [5.41, 5.74) is 1.41. The second kappa shape index (κ2) is 3.88. The molecular formula is C11H18O. The number of hydrogen-bond donors (Lipinski definition) is 0. The molecule has 0 bridgehead atoms. The van der Waals surface area contributed by atoms with Gasteiger partial charge in [0.05, 0.1) is 0 Å². The SMILES string of the molecule is CC1=C[C@H](C)[C@H](C)C[C@H]1CC=O. The van der Waals surface area contributed by atoms with E-state index in [0.717, 1.165) is 12.2 Å². The van der Waals surface area contributed by atoms with E-state index in [9.17, 15) is 4.79 Å². The van der Waals surface area contributed by atoms with Crippen molar-refractivity contribution in [2.75, 3.05) is 0 Å². The fourth-order valence-electron chi connectivity index (χ4n) is 1.96. The average Bonchev–Trinajstić information content (AvgIpc) is 2.01. The van der Waals surface area contributed by atoms with Crippen LogP contribution in [0.1, 0.15) is 33.6 Å². The molecule has 68 valence electrons. The molecule has 3 atom stereocenters. The van der Waals surface area contributed by atoms with Gasteiger partial charge in [-0.05, 0) is 31.1 Å². The minimum Gasteiger partial charge on any atom is -0.303 e. The maximum atomic E-state index is 10.4. The Bertz CT molecular complexity index is 193. The molecule has 0 radical (unpaired) electrons. The summed E-state index contributed by atoms with van der Waals surface area (Å²) >= 11 is 0. The highest BCUT2D eigenvalue weighted by Gasteiger charge is 2.23. The van der Waals surface area contributed by atoms with E-state index in [1.54, 1.807) is 0 Å². The quantitative estimate of drug-likeness (QED) is 0.455. The summed E-state index contributed by atoms with van der Waals surface area (Å²) in [7, 11) is 0. The van der Waals surface area contributed by atoms with Crippen molar-refractivity contribution in [1.29, 1.82) is 0 Å². The van der Waals surface area contributed by atoms with E-state index in [2.05, 4.69) is 26.8 Å². The molecule has 1 heteroatoms. The minimum absolute atomic E-state index is 0.522. The lowest BCUT2D eigenvalue weighted by molar-refractivity contribution is -0.108. The monoisotopic (exact) mass is 166 g/mol. The Hall–Kier alpha value is -0.590. The van der Waals surface area contributed by atoms with Gasteiger partial charge in [-0.2, -0.15) is 0 Å². The third-order valence-corrected chi connectivity index (χ3v) is 3.10. The highest BCUT2D eigenvalue weighted by atomic mass is 16.1. The van der Waals surface area contributed by atoms with Gasteiger partial charge in [0, 0.05) is 6.42 Å². The Morgan fingerprint density at radius 3 is 2.83 bits per heavy atom. The molecule has 1 rings (SSSR count). The van der Waals surface area contributed by atoms with Crippen molar-refractivity contribution in [1.82, 2.24) is 0 Å². The van der Waals surface area contributed by atoms with Gasteiger partial charge in [0.1, 0.15) is 6.29 Å². The zero-order valence-corrected chi connectivity index (χ0v) is 8.21. The topological polar surface area (TPSA) is 17.1 Å². The molecule has 1 aliphatic carbocycles. The van der Waals surface area contributed by atoms with Crippen molar-refractivity contribution in [3.05, 3.63) is 11.6 Å². The van der Waals surface area contributed by atoms with Crippen LogP contribution in [0.25, 0.3) is 0 Å². The van der Waals surface area contributed by atoms with Gasteiger partial charge in [-0.3, -0.25) is 0 Å². The van der Waals surface area contributed by atoms with Gasteiger partial charge < -0.3 is 4.79 Å². The molecular weight excluding hydrogens is 148 g/mol. The van der Waals surface area contributed by atoms with Gasteiger partial charge in [0.15, 0.2) is 0 Å². The predicted octanol–water partition coefficient (Wildman–Crippen LogP) is 2.81. The smallest absolute Gasteiger partial charge is 0.120 e. The van der Waals surface area contributed by atoms with Gasteiger partial charge in [0.25, 0.3) is 0 Å². The van der Waals surface area contributed by atoms with E-state index < -0.39 is 0 Å². The van der Waals surface area contributed by atoms with E-state index in [1.165, 1.54) is 12.0 Å². The lowest BCUT2D eigenvalue weighted by atomic mass is 9.76. The molecule has 1 aliphatic rings. The zero-order chi connectivity index (χ0) is 9.14. The van der Waals surface area contributed by atoms with Crippen LogP contribution in [-0.4, -0.2) is 6.29 Å². The number of aldehydes is 1. The van der Waals surface area contributed by atoms with Crippen molar-refractivity contribution in [2.45, 2.75) is 33.6 Å². The Labute approximate surface area is 74.9 Å². The molecule has 12 heavy (non-hydrogen) atoms. The van der Waals surface area contributed by atoms with Crippen LogP contribution < -0.4 is 0 Å². The Morgan fingerprint density at radius 2 is 2.25 bits per heavy atom. The lowest BCUT2D eigenvalue weighted by Gasteiger charge is -2.29. The molecule has 0 saturated heterocycles. The summed E-state index contributed by atoms with van der Waals surface area (Å²) in [4.78, 5) is 10.4. The lowest BCUT2D eigenvalue weighted by Crippen LogP contribution is -2.19. The third kappa shape index (κ3) is 1.96. The van der Waals surface area contributed by atoms with Crippen molar-refractivity contribution in [2.24, 2.45) is 17.8 Å². The molecule has 0 saturated carbocycles. The maximum Gasteiger partial charge on any atom is 0.120 e. The van der Waals surface area contributed by atoms with E-state index in [1.807, 2.05) is 0 Å². The van der Waals surface area contributed by atoms with Crippen LogP contribution in [-0.2, 0) is 4.79 Å². The van der Waals surface area contributed by atoms with Gasteiger partial charge in [-0.25, -0.2) is 0 Å². The van der Waals surface area contributed by atoms with Crippen LogP contribution in [0.2, 0.25) is 0 Å². The molecule has 0 unspecified atom stereocenters. The van der Waals surface area contributed by atoms with Crippen LogP contribution in [0.15, 0.2) is 11.6 Å². The van der Waals surface area contributed by atoms with Crippen LogP contribution in [0.3, 0.4) is 0 Å². The molecule has 0 heterocycles. The molecule has 0 aromatic rings. The first-order chi connectivity index (χ1) is 5.65. The van der Waals surface area contributed by atoms with Gasteiger partial charge in [-0.15, -0.1) is 0 Å². The molecule has 0 fully saturated rings. The van der Waals surface area contributed by atoms with Crippen LogP contribution in [0.4, 0.5) is 0 Å². The fourth-order valence-corrected chi connectivity index (χ4v) is 1.96. The van der Waals surface area contributed by atoms with Crippen LogP contribution in [0.5, 0.6) is 0 Å². The second-order valence-electron chi connectivity index (χ2n) is 4.08.